The molecular weight excluding hydrogens is 612 g/mol. The quantitative estimate of drug-likeness (QED) is 0.113. The Balaban J connectivity index is 1.18. The number of benzene rings is 2. The summed E-state index contributed by atoms with van der Waals surface area (Å²) in [4.78, 5) is 12.9. The van der Waals surface area contributed by atoms with Crippen LogP contribution in [0.15, 0.2) is 59.7 Å². The lowest BCUT2D eigenvalue weighted by Gasteiger charge is -2.41. The molecule has 8 N–H and O–H groups in total. The van der Waals surface area contributed by atoms with Crippen molar-refractivity contribution in [3.05, 3.63) is 70.3 Å². The molecule has 14 heteroatoms. The van der Waals surface area contributed by atoms with E-state index in [2.05, 4.69) is 5.32 Å². The number of hydrogen-bond donors (Lipinski definition) is 7. The SMILES string of the molecule is C/C(=C/COc1cccc(Cl)c1)[C@H]1O[C@@H](Oc2ccc(/C=C(\C)C(=O)N[C@@H]3C(O)C(O)C4OCO[C@H]4[C@@H]3O)cc2N)[C@H](O)[C@@H]1O. The van der Waals surface area contributed by atoms with Gasteiger partial charge in [0.05, 0.1) is 11.7 Å². The summed E-state index contributed by atoms with van der Waals surface area (Å²) in [7, 11) is 0. The van der Waals surface area contributed by atoms with E-state index in [1.807, 2.05) is 0 Å². The molecule has 1 amide bonds. The van der Waals surface area contributed by atoms with Crippen LogP contribution in [0, 0.1) is 0 Å². The third-order valence-corrected chi connectivity index (χ3v) is 8.27. The van der Waals surface area contributed by atoms with Crippen LogP contribution in [0.2, 0.25) is 5.02 Å². The number of ether oxygens (including phenoxy) is 5. The Kier molecular flexibility index (Phi) is 10.3. The number of aliphatic hydroxyl groups is 5. The number of nitrogens with one attached hydrogen (secondary N) is 1. The fourth-order valence-electron chi connectivity index (χ4n) is 5.49. The van der Waals surface area contributed by atoms with Crippen molar-refractivity contribution >= 4 is 29.3 Å². The summed E-state index contributed by atoms with van der Waals surface area (Å²) in [5.41, 5.74) is 7.77. The summed E-state index contributed by atoms with van der Waals surface area (Å²) in [5.74, 6) is 0.179. The highest BCUT2D eigenvalue weighted by molar-refractivity contribution is 6.30. The van der Waals surface area contributed by atoms with Crippen molar-refractivity contribution in [1.82, 2.24) is 5.32 Å². The average Bonchev–Trinajstić information content (AvgIpc) is 3.61. The first kappa shape index (κ1) is 33.1. The molecular formula is C31H37ClN2O11. The van der Waals surface area contributed by atoms with E-state index >= 15 is 0 Å². The Hall–Kier alpha value is -3.24. The van der Waals surface area contributed by atoms with Crippen molar-refractivity contribution in [3.8, 4) is 11.5 Å². The Morgan fingerprint density at radius 3 is 2.44 bits per heavy atom. The van der Waals surface area contributed by atoms with E-state index in [-0.39, 0.29) is 30.4 Å². The van der Waals surface area contributed by atoms with Gasteiger partial charge in [-0.25, -0.2) is 0 Å². The van der Waals surface area contributed by atoms with Crippen molar-refractivity contribution in [1.29, 1.82) is 0 Å². The first-order chi connectivity index (χ1) is 21.4. The smallest absolute Gasteiger partial charge is 0.247 e. The van der Waals surface area contributed by atoms with Crippen molar-refractivity contribution in [2.45, 2.75) is 75.0 Å². The number of rotatable bonds is 9. The van der Waals surface area contributed by atoms with E-state index in [0.717, 1.165) is 0 Å². The molecule has 0 bridgehead atoms. The molecule has 2 aromatic carbocycles. The van der Waals surface area contributed by atoms with E-state index < -0.39 is 67.1 Å². The lowest BCUT2D eigenvalue weighted by molar-refractivity contribution is -0.155. The number of halogens is 1. The van der Waals surface area contributed by atoms with Gasteiger partial charge in [0.25, 0.3) is 0 Å². The topological polar surface area (TPSA) is 202 Å². The second kappa shape index (κ2) is 14.0. The maximum Gasteiger partial charge on any atom is 0.247 e. The highest BCUT2D eigenvalue weighted by Crippen LogP contribution is 2.33. The molecule has 1 aliphatic carbocycles. The monoisotopic (exact) mass is 648 g/mol. The van der Waals surface area contributed by atoms with Crippen LogP contribution in [0.1, 0.15) is 19.4 Å². The van der Waals surface area contributed by atoms with Gasteiger partial charge >= 0.3 is 0 Å². The van der Waals surface area contributed by atoms with Crippen LogP contribution in [0.4, 0.5) is 5.69 Å². The number of nitrogens with two attached hydrogens (primary N) is 1. The van der Waals surface area contributed by atoms with Gasteiger partial charge in [-0.2, -0.15) is 0 Å². The Labute approximate surface area is 264 Å². The van der Waals surface area contributed by atoms with Crippen molar-refractivity contribution in [2.24, 2.45) is 0 Å². The second-order valence-electron chi connectivity index (χ2n) is 11.2. The van der Waals surface area contributed by atoms with Gasteiger partial charge in [-0.3, -0.25) is 4.79 Å². The molecule has 0 spiro atoms. The zero-order valence-corrected chi connectivity index (χ0v) is 25.3. The molecule has 13 nitrogen and oxygen atoms in total. The van der Waals surface area contributed by atoms with Gasteiger partial charge < -0.3 is 60.3 Å². The molecule has 10 atom stereocenters. The number of amides is 1. The average molecular weight is 649 g/mol. The first-order valence-corrected chi connectivity index (χ1v) is 14.7. The van der Waals surface area contributed by atoms with E-state index in [4.69, 9.17) is 41.0 Å². The molecule has 3 fully saturated rings. The third-order valence-electron chi connectivity index (χ3n) is 8.04. The molecule has 5 rings (SSSR count). The van der Waals surface area contributed by atoms with Gasteiger partial charge in [0.1, 0.15) is 73.7 Å². The summed E-state index contributed by atoms with van der Waals surface area (Å²) in [6.45, 7) is 3.32. The number of fused-ring (bicyclic) bond motifs is 1. The second-order valence-corrected chi connectivity index (χ2v) is 11.7. The van der Waals surface area contributed by atoms with Gasteiger partial charge in [-0.15, -0.1) is 0 Å². The highest BCUT2D eigenvalue weighted by Gasteiger charge is 2.53. The van der Waals surface area contributed by atoms with E-state index in [1.165, 1.54) is 19.1 Å². The van der Waals surface area contributed by atoms with Gasteiger partial charge in [0.15, 0.2) is 0 Å². The van der Waals surface area contributed by atoms with Gasteiger partial charge in [-0.1, -0.05) is 23.7 Å². The van der Waals surface area contributed by atoms with E-state index in [0.29, 0.717) is 21.9 Å². The minimum absolute atomic E-state index is 0.137. The molecule has 2 aromatic rings. The van der Waals surface area contributed by atoms with Gasteiger partial charge in [0, 0.05) is 10.6 Å². The summed E-state index contributed by atoms with van der Waals surface area (Å²) >= 11 is 5.97. The molecule has 3 unspecified atom stereocenters. The van der Waals surface area contributed by atoms with Crippen molar-refractivity contribution in [2.75, 3.05) is 19.1 Å². The van der Waals surface area contributed by atoms with E-state index in [9.17, 15) is 30.3 Å². The molecule has 2 saturated heterocycles. The van der Waals surface area contributed by atoms with E-state index in [1.54, 1.807) is 49.4 Å². The molecule has 0 radical (unpaired) electrons. The summed E-state index contributed by atoms with van der Waals surface area (Å²) < 4.78 is 27.8. The van der Waals surface area contributed by atoms with Crippen LogP contribution in [0.5, 0.6) is 11.5 Å². The van der Waals surface area contributed by atoms with Crippen LogP contribution < -0.4 is 20.5 Å². The van der Waals surface area contributed by atoms with Crippen LogP contribution in [0.25, 0.3) is 6.08 Å². The summed E-state index contributed by atoms with van der Waals surface area (Å²) in [5, 5.41) is 55.7. The molecule has 2 heterocycles. The molecule has 244 valence electrons. The lowest BCUT2D eigenvalue weighted by atomic mass is 9.83. The summed E-state index contributed by atoms with van der Waals surface area (Å²) in [6, 6.07) is 10.5. The van der Waals surface area contributed by atoms with Crippen molar-refractivity contribution in [3.63, 3.8) is 0 Å². The number of carbonyl (C=O) groups excluding carboxylic acids is 1. The Morgan fingerprint density at radius 1 is 1.00 bits per heavy atom. The molecule has 0 aromatic heterocycles. The highest BCUT2D eigenvalue weighted by atomic mass is 35.5. The Morgan fingerprint density at radius 2 is 1.73 bits per heavy atom. The number of hydrogen-bond acceptors (Lipinski definition) is 12. The lowest BCUT2D eigenvalue weighted by Crippen LogP contribution is -2.67. The largest absolute Gasteiger partial charge is 0.489 e. The van der Waals surface area contributed by atoms with Gasteiger partial charge in [-0.05, 0) is 67.5 Å². The molecule has 3 aliphatic rings. The zero-order chi connectivity index (χ0) is 32.4. The predicted molar refractivity (Wildman–Crippen MR) is 161 cm³/mol. The van der Waals surface area contributed by atoms with Crippen LogP contribution >= 0.6 is 11.6 Å². The first-order valence-electron chi connectivity index (χ1n) is 14.3. The minimum atomic E-state index is -1.47. The van der Waals surface area contributed by atoms with Crippen LogP contribution in [-0.4, -0.2) is 106 Å². The van der Waals surface area contributed by atoms with Crippen LogP contribution in [0.3, 0.4) is 0 Å². The normalized spacial score (nSPS) is 33.5. The van der Waals surface area contributed by atoms with Gasteiger partial charge in [0.2, 0.25) is 12.2 Å². The number of carbonyl (C=O) groups is 1. The molecule has 1 saturated carbocycles. The number of nitrogen functional groups attached to an aromatic ring is 1. The van der Waals surface area contributed by atoms with Crippen LogP contribution in [-0.2, 0) is 19.0 Å². The maximum absolute atomic E-state index is 12.9. The zero-order valence-electron chi connectivity index (χ0n) is 24.5. The number of anilines is 1. The van der Waals surface area contributed by atoms with Crippen molar-refractivity contribution < 1.29 is 54.0 Å². The Bertz CT molecular complexity index is 1440. The minimum Gasteiger partial charge on any atom is -0.489 e. The molecule has 45 heavy (non-hydrogen) atoms. The predicted octanol–water partition coefficient (Wildman–Crippen LogP) is 0.499. The fraction of sp³-hybridized carbons (Fsp3) is 0.452. The summed E-state index contributed by atoms with van der Waals surface area (Å²) in [6.07, 6.45) is -7.33. The number of aliphatic hydroxyl groups excluding tert-OH is 5. The fourth-order valence-corrected chi connectivity index (χ4v) is 5.67. The maximum atomic E-state index is 12.9. The molecule has 2 aliphatic heterocycles. The standard InChI is InChI=1S/C31H37ClN2O11/c1-14(8-9-41-18-5-3-4-17(32)12-18)27-25(38)26(39)31(45-27)44-20-7-6-16(11-19(20)33)10-15(2)30(40)34-21-22(35)24(37)29-28(23(21)36)42-13-43-29/h3-8,10-12,21-29,31,35-39H,9,13,33H2,1-2H3,(H,34,40)/b14-8-,15-10+/t21-,22?,23-,24?,25+,26-,27-,28+,29?,31-/m1/s1. The third kappa shape index (κ3) is 7.27.